The van der Waals surface area contributed by atoms with Gasteiger partial charge in [0.15, 0.2) is 11.5 Å². The van der Waals surface area contributed by atoms with E-state index >= 15 is 0 Å². The van der Waals surface area contributed by atoms with E-state index in [1.54, 1.807) is 28.1 Å². The minimum Gasteiger partial charge on any atom is -0.493 e. The summed E-state index contributed by atoms with van der Waals surface area (Å²) in [6.45, 7) is 12.5. The van der Waals surface area contributed by atoms with Crippen LogP contribution in [0.2, 0.25) is 0 Å². The number of nitrogens with zero attached hydrogens (tertiary/aromatic N) is 3. The number of azide groups is 1. The van der Waals surface area contributed by atoms with E-state index in [4.69, 9.17) is 19.9 Å². The molecular weight excluding hydrogens is 526 g/mol. The molecule has 1 rings (SSSR count). The fraction of sp³-hybridized carbons (Fsp3) is 0.733. The third-order valence-electron chi connectivity index (χ3n) is 7.62. The highest BCUT2D eigenvalue weighted by Crippen LogP contribution is 2.32. The number of rotatable bonds is 20. The van der Waals surface area contributed by atoms with Gasteiger partial charge in [-0.15, -0.1) is 0 Å². The van der Waals surface area contributed by atoms with Crippen LogP contribution in [0.1, 0.15) is 66.4 Å². The first-order chi connectivity index (χ1) is 19.3. The van der Waals surface area contributed by atoms with Gasteiger partial charge in [0.1, 0.15) is 0 Å². The third kappa shape index (κ3) is 12.2. The maximum absolute atomic E-state index is 13.0. The van der Waals surface area contributed by atoms with E-state index < -0.39 is 29.4 Å². The summed E-state index contributed by atoms with van der Waals surface area (Å²) in [5, 5.41) is 18.0. The fourth-order valence-electron chi connectivity index (χ4n) is 4.52. The average Bonchev–Trinajstić information content (AvgIpc) is 2.91. The lowest BCUT2D eigenvalue weighted by molar-refractivity contribution is -0.130. The first-order valence-corrected chi connectivity index (χ1v) is 14.4. The number of nitrogens with two attached hydrogens (primary N) is 1. The Morgan fingerprint density at radius 2 is 1.78 bits per heavy atom. The van der Waals surface area contributed by atoms with Gasteiger partial charge in [-0.05, 0) is 74.1 Å². The zero-order valence-electron chi connectivity index (χ0n) is 26.1. The monoisotopic (exact) mass is 577 g/mol. The normalized spacial score (nSPS) is 14.6. The molecule has 0 saturated heterocycles. The van der Waals surface area contributed by atoms with Crippen LogP contribution in [-0.2, 0) is 20.7 Å². The van der Waals surface area contributed by atoms with Crippen molar-refractivity contribution in [1.82, 2.24) is 5.32 Å². The highest BCUT2D eigenvalue weighted by Gasteiger charge is 2.33. The number of methoxy groups -OCH3 is 2. The molecule has 0 bridgehead atoms. The lowest BCUT2D eigenvalue weighted by Gasteiger charge is -2.30. The lowest BCUT2D eigenvalue weighted by atomic mass is 9.80. The second kappa shape index (κ2) is 17.7. The van der Waals surface area contributed by atoms with Gasteiger partial charge < -0.3 is 30.4 Å². The van der Waals surface area contributed by atoms with Crippen LogP contribution >= 0.6 is 0 Å². The Bertz CT molecular complexity index is 1010. The highest BCUT2D eigenvalue weighted by molar-refractivity contribution is 5.83. The summed E-state index contributed by atoms with van der Waals surface area (Å²) >= 11 is 0. The number of ether oxygens (including phenoxy) is 3. The highest BCUT2D eigenvalue weighted by atomic mass is 16.5. The number of carbonyl (C=O) groups is 2. The maximum atomic E-state index is 13.0. The maximum Gasteiger partial charge on any atom is 0.224 e. The molecule has 1 aromatic carbocycles. The molecule has 4 N–H and O–H groups in total. The van der Waals surface area contributed by atoms with Crippen LogP contribution in [0, 0.1) is 29.1 Å². The summed E-state index contributed by atoms with van der Waals surface area (Å²) in [7, 11) is 3.25. The molecule has 0 heterocycles. The molecule has 0 aliphatic carbocycles. The van der Waals surface area contributed by atoms with Gasteiger partial charge in [0.25, 0.3) is 0 Å². The summed E-state index contributed by atoms with van der Waals surface area (Å²) in [5.74, 6) is 0.197. The molecular formula is C30H51N5O6. The summed E-state index contributed by atoms with van der Waals surface area (Å²) in [5.41, 5.74) is 14.9. The number of aliphatic hydroxyl groups is 1. The molecule has 11 nitrogen and oxygen atoms in total. The SMILES string of the molecule is COCCCOc1cc(C[C@@H](C[C@H](N=[N+]=[N-])[C@@H](O)CC(C(=O)NCC(C)(C)C(N)=O)C(C)C)C(C)C)ccc1OC. The largest absolute Gasteiger partial charge is 0.493 e. The van der Waals surface area contributed by atoms with Gasteiger partial charge >= 0.3 is 0 Å². The molecule has 0 aliphatic rings. The van der Waals surface area contributed by atoms with Gasteiger partial charge in [-0.25, -0.2) is 0 Å². The second-order valence-electron chi connectivity index (χ2n) is 12.0. The van der Waals surface area contributed by atoms with E-state index in [0.717, 1.165) is 12.0 Å². The van der Waals surface area contributed by atoms with Crippen molar-refractivity contribution in [3.05, 3.63) is 34.2 Å². The summed E-state index contributed by atoms with van der Waals surface area (Å²) < 4.78 is 16.5. The van der Waals surface area contributed by atoms with Crippen molar-refractivity contribution in [2.24, 2.45) is 39.9 Å². The minimum absolute atomic E-state index is 0.0811. The van der Waals surface area contributed by atoms with Crippen LogP contribution in [0.4, 0.5) is 0 Å². The number of aliphatic hydroxyl groups excluding tert-OH is 1. The standard InChI is InChI=1S/C30H51N5O6/c1-19(2)22(14-21-10-11-26(40-8)27(15-21)41-13-9-12-39-7)16-24(34-35-32)25(36)17-23(20(3)4)28(37)33-18-30(5,6)29(31)38/h10-11,15,19-20,22-25,36H,9,12-14,16-18H2,1-8H3,(H2,31,38)(H,33,37)/t22-,23?,24-,25-/m0/s1. The predicted molar refractivity (Wildman–Crippen MR) is 160 cm³/mol. The number of primary amides is 1. The van der Waals surface area contributed by atoms with Crippen molar-refractivity contribution < 1.29 is 28.9 Å². The van der Waals surface area contributed by atoms with Gasteiger partial charge in [0.05, 0.1) is 31.3 Å². The number of amides is 2. The average molecular weight is 578 g/mol. The molecule has 0 radical (unpaired) electrons. The van der Waals surface area contributed by atoms with E-state index in [9.17, 15) is 20.2 Å². The summed E-state index contributed by atoms with van der Waals surface area (Å²) in [6.07, 6.45) is 0.973. The van der Waals surface area contributed by atoms with E-state index in [1.165, 1.54) is 0 Å². The van der Waals surface area contributed by atoms with Gasteiger partial charge in [0, 0.05) is 37.5 Å². The Labute approximate surface area is 245 Å². The van der Waals surface area contributed by atoms with Gasteiger partial charge in [-0.2, -0.15) is 0 Å². The zero-order valence-corrected chi connectivity index (χ0v) is 26.1. The molecule has 2 amide bonds. The van der Waals surface area contributed by atoms with Crippen LogP contribution in [-0.4, -0.2) is 63.0 Å². The molecule has 0 spiro atoms. The first kappa shape index (κ1) is 36.0. The van der Waals surface area contributed by atoms with Gasteiger partial charge in [-0.1, -0.05) is 38.9 Å². The van der Waals surface area contributed by atoms with Crippen LogP contribution in [0.3, 0.4) is 0 Å². The molecule has 4 atom stereocenters. The number of carbonyl (C=O) groups excluding carboxylic acids is 2. The number of nitrogens with one attached hydrogen (secondary N) is 1. The summed E-state index contributed by atoms with van der Waals surface area (Å²) in [6, 6.07) is 5.12. The Morgan fingerprint density at radius 3 is 2.32 bits per heavy atom. The lowest BCUT2D eigenvalue weighted by Crippen LogP contribution is -2.45. The van der Waals surface area contributed by atoms with Crippen molar-refractivity contribution in [2.75, 3.05) is 34.0 Å². The Morgan fingerprint density at radius 1 is 1.10 bits per heavy atom. The van der Waals surface area contributed by atoms with Crippen LogP contribution < -0.4 is 20.5 Å². The number of benzene rings is 1. The Hall–Kier alpha value is -3.01. The first-order valence-electron chi connectivity index (χ1n) is 14.4. The van der Waals surface area contributed by atoms with Crippen molar-refractivity contribution >= 4 is 11.8 Å². The van der Waals surface area contributed by atoms with Crippen molar-refractivity contribution in [1.29, 1.82) is 0 Å². The molecule has 0 saturated carbocycles. The molecule has 11 heteroatoms. The van der Waals surface area contributed by atoms with E-state index in [0.29, 0.717) is 37.6 Å². The molecule has 0 aromatic heterocycles. The van der Waals surface area contributed by atoms with E-state index in [-0.39, 0.29) is 36.6 Å². The van der Waals surface area contributed by atoms with Crippen molar-refractivity contribution in [3.8, 4) is 11.5 Å². The van der Waals surface area contributed by atoms with Crippen LogP contribution in [0.15, 0.2) is 23.3 Å². The Kier molecular flexibility index (Phi) is 15.6. The second-order valence-corrected chi connectivity index (χ2v) is 12.0. The third-order valence-corrected chi connectivity index (χ3v) is 7.62. The number of hydrogen-bond donors (Lipinski definition) is 3. The zero-order chi connectivity index (χ0) is 31.2. The predicted octanol–water partition coefficient (Wildman–Crippen LogP) is 4.65. The smallest absolute Gasteiger partial charge is 0.224 e. The molecule has 0 fully saturated rings. The van der Waals surface area contributed by atoms with Crippen molar-refractivity contribution in [3.63, 3.8) is 0 Å². The number of hydrogen-bond acceptors (Lipinski definition) is 7. The quantitative estimate of drug-likeness (QED) is 0.0882. The van der Waals surface area contributed by atoms with Crippen LogP contribution in [0.5, 0.6) is 11.5 Å². The molecule has 1 unspecified atom stereocenters. The minimum atomic E-state index is -1.02. The molecule has 0 aliphatic heterocycles. The fourth-order valence-corrected chi connectivity index (χ4v) is 4.52. The van der Waals surface area contributed by atoms with E-state index in [1.807, 2.05) is 32.0 Å². The van der Waals surface area contributed by atoms with Gasteiger partial charge in [-0.3, -0.25) is 9.59 Å². The summed E-state index contributed by atoms with van der Waals surface area (Å²) in [4.78, 5) is 27.7. The Balaban J connectivity index is 3.04. The van der Waals surface area contributed by atoms with Crippen molar-refractivity contribution in [2.45, 2.75) is 79.4 Å². The topological polar surface area (TPSA) is 169 Å². The molecule has 1 aromatic rings. The van der Waals surface area contributed by atoms with E-state index in [2.05, 4.69) is 29.2 Å². The van der Waals surface area contributed by atoms with Crippen LogP contribution in [0.25, 0.3) is 10.4 Å². The molecule has 232 valence electrons. The van der Waals surface area contributed by atoms with Gasteiger partial charge in [0.2, 0.25) is 11.8 Å². The molecule has 41 heavy (non-hydrogen) atoms.